The normalized spacial score (nSPS) is 10.5. The lowest BCUT2D eigenvalue weighted by atomic mass is 10.1. The molecule has 0 saturated carbocycles. The lowest BCUT2D eigenvalue weighted by Gasteiger charge is -2.13. The van der Waals surface area contributed by atoms with Gasteiger partial charge in [-0.15, -0.1) is 0 Å². The van der Waals surface area contributed by atoms with Gasteiger partial charge in [-0.2, -0.15) is 0 Å². The minimum Gasteiger partial charge on any atom is -0.493 e. The molecule has 2 aromatic rings. The van der Waals surface area contributed by atoms with Crippen LogP contribution in [-0.2, 0) is 6.42 Å². The Morgan fingerprint density at radius 2 is 1.95 bits per heavy atom. The van der Waals surface area contributed by atoms with Crippen LogP contribution in [0.1, 0.15) is 26.0 Å². The van der Waals surface area contributed by atoms with Crippen molar-refractivity contribution < 1.29 is 4.74 Å². The fourth-order valence-electron chi connectivity index (χ4n) is 2.11. The molecular weight excluding hydrogens is 330 g/mol. The molecule has 0 bridgehead atoms. The molecule has 1 heterocycles. The van der Waals surface area contributed by atoms with Crippen LogP contribution >= 0.6 is 15.9 Å². The molecule has 0 aliphatic heterocycles. The maximum absolute atomic E-state index is 5.68. The molecule has 5 heteroatoms. The molecule has 0 aliphatic carbocycles. The average Bonchev–Trinajstić information content (AvgIpc) is 2.50. The van der Waals surface area contributed by atoms with Gasteiger partial charge in [0, 0.05) is 7.05 Å². The minimum absolute atomic E-state index is 0.619. The SMILES string of the molecule is CCCc1nc(-c2ccccc2OCC)nc(NC)c1Br. The summed E-state index contributed by atoms with van der Waals surface area (Å²) in [6.07, 6.45) is 1.94. The second kappa shape index (κ2) is 7.41. The van der Waals surface area contributed by atoms with Crippen LogP contribution in [0.25, 0.3) is 11.4 Å². The van der Waals surface area contributed by atoms with E-state index in [1.807, 2.05) is 38.2 Å². The van der Waals surface area contributed by atoms with Gasteiger partial charge in [0.15, 0.2) is 5.82 Å². The molecule has 112 valence electrons. The summed E-state index contributed by atoms with van der Waals surface area (Å²) in [7, 11) is 1.86. The van der Waals surface area contributed by atoms with Gasteiger partial charge in [-0.05, 0) is 41.4 Å². The number of hydrogen-bond acceptors (Lipinski definition) is 4. The van der Waals surface area contributed by atoms with E-state index in [-0.39, 0.29) is 0 Å². The summed E-state index contributed by atoms with van der Waals surface area (Å²) in [5.41, 5.74) is 1.93. The fourth-order valence-corrected chi connectivity index (χ4v) is 2.69. The maximum Gasteiger partial charge on any atom is 0.165 e. The van der Waals surface area contributed by atoms with Crippen LogP contribution in [-0.4, -0.2) is 23.6 Å². The number of hydrogen-bond donors (Lipinski definition) is 1. The molecule has 1 aromatic heterocycles. The quantitative estimate of drug-likeness (QED) is 0.844. The van der Waals surface area contributed by atoms with Crippen molar-refractivity contribution in [3.8, 4) is 17.1 Å². The first-order valence-electron chi connectivity index (χ1n) is 7.17. The molecule has 21 heavy (non-hydrogen) atoms. The van der Waals surface area contributed by atoms with Crippen molar-refractivity contribution in [3.63, 3.8) is 0 Å². The van der Waals surface area contributed by atoms with E-state index >= 15 is 0 Å². The second-order valence-electron chi connectivity index (χ2n) is 4.59. The smallest absolute Gasteiger partial charge is 0.165 e. The number of ether oxygens (including phenoxy) is 1. The Morgan fingerprint density at radius 1 is 1.19 bits per heavy atom. The highest BCUT2D eigenvalue weighted by atomic mass is 79.9. The van der Waals surface area contributed by atoms with Crippen molar-refractivity contribution in [3.05, 3.63) is 34.4 Å². The number of para-hydroxylation sites is 1. The Bertz CT molecular complexity index is 616. The number of nitrogens with zero attached hydrogens (tertiary/aromatic N) is 2. The molecule has 1 aromatic carbocycles. The molecule has 2 rings (SSSR count). The number of rotatable bonds is 6. The average molecular weight is 350 g/mol. The van der Waals surface area contributed by atoms with Crippen LogP contribution in [0, 0.1) is 0 Å². The number of aryl methyl sites for hydroxylation is 1. The van der Waals surface area contributed by atoms with Crippen LogP contribution in [0.5, 0.6) is 5.75 Å². The van der Waals surface area contributed by atoms with Crippen molar-refractivity contribution in [1.29, 1.82) is 0 Å². The predicted molar refractivity (Wildman–Crippen MR) is 89.9 cm³/mol. The number of anilines is 1. The van der Waals surface area contributed by atoms with Gasteiger partial charge >= 0.3 is 0 Å². The first kappa shape index (κ1) is 15.8. The zero-order valence-corrected chi connectivity index (χ0v) is 14.2. The largest absolute Gasteiger partial charge is 0.493 e. The Balaban J connectivity index is 2.55. The highest BCUT2D eigenvalue weighted by molar-refractivity contribution is 9.10. The molecule has 1 N–H and O–H groups in total. The molecule has 0 saturated heterocycles. The Morgan fingerprint density at radius 3 is 2.62 bits per heavy atom. The molecule has 0 amide bonds. The first-order chi connectivity index (χ1) is 10.2. The van der Waals surface area contributed by atoms with Gasteiger partial charge in [-0.25, -0.2) is 9.97 Å². The summed E-state index contributed by atoms with van der Waals surface area (Å²) < 4.78 is 6.62. The minimum atomic E-state index is 0.619. The van der Waals surface area contributed by atoms with E-state index < -0.39 is 0 Å². The van der Waals surface area contributed by atoms with E-state index in [9.17, 15) is 0 Å². The zero-order valence-electron chi connectivity index (χ0n) is 12.6. The highest BCUT2D eigenvalue weighted by Gasteiger charge is 2.14. The van der Waals surface area contributed by atoms with Gasteiger partial charge in [0.1, 0.15) is 11.6 Å². The predicted octanol–water partition coefficient (Wildman–Crippen LogP) is 4.30. The van der Waals surface area contributed by atoms with Gasteiger partial charge < -0.3 is 10.1 Å². The first-order valence-corrected chi connectivity index (χ1v) is 7.96. The van der Waals surface area contributed by atoms with Gasteiger partial charge in [0.2, 0.25) is 0 Å². The van der Waals surface area contributed by atoms with Crippen LogP contribution < -0.4 is 10.1 Å². The molecule has 0 fully saturated rings. The molecule has 0 unspecified atom stereocenters. The fraction of sp³-hybridized carbons (Fsp3) is 0.375. The van der Waals surface area contributed by atoms with Crippen molar-refractivity contribution in [2.75, 3.05) is 19.0 Å². The number of benzene rings is 1. The summed E-state index contributed by atoms with van der Waals surface area (Å²) in [5, 5.41) is 3.12. The monoisotopic (exact) mass is 349 g/mol. The lowest BCUT2D eigenvalue weighted by Crippen LogP contribution is -2.04. The summed E-state index contributed by atoms with van der Waals surface area (Å²) in [4.78, 5) is 9.30. The third-order valence-electron chi connectivity index (χ3n) is 3.07. The maximum atomic E-state index is 5.68. The third kappa shape index (κ3) is 3.53. The van der Waals surface area contributed by atoms with Crippen molar-refractivity contribution >= 4 is 21.7 Å². The summed E-state index contributed by atoms with van der Waals surface area (Å²) >= 11 is 3.58. The Kier molecular flexibility index (Phi) is 5.56. The van der Waals surface area contributed by atoms with Crippen LogP contribution in [0.2, 0.25) is 0 Å². The Hall–Kier alpha value is -1.62. The van der Waals surface area contributed by atoms with Crippen LogP contribution in [0.15, 0.2) is 28.7 Å². The molecule has 0 aliphatic rings. The van der Waals surface area contributed by atoms with E-state index in [1.54, 1.807) is 0 Å². The summed E-state index contributed by atoms with van der Waals surface area (Å²) in [5.74, 6) is 2.30. The van der Waals surface area contributed by atoms with Crippen molar-refractivity contribution in [2.45, 2.75) is 26.7 Å². The molecule has 0 spiro atoms. The summed E-state index contributed by atoms with van der Waals surface area (Å²) in [6, 6.07) is 7.87. The van der Waals surface area contributed by atoms with Gasteiger partial charge in [0.05, 0.1) is 22.3 Å². The molecule has 4 nitrogen and oxygen atoms in total. The van der Waals surface area contributed by atoms with Gasteiger partial charge in [-0.1, -0.05) is 25.5 Å². The number of halogens is 1. The Labute approximate surface area is 134 Å². The standard InChI is InChI=1S/C16H20BrN3O/c1-4-8-12-14(17)16(18-3)20-15(19-12)11-9-6-7-10-13(11)21-5-2/h6-7,9-10H,4-5,8H2,1-3H3,(H,18,19,20). The van der Waals surface area contributed by atoms with Crippen LogP contribution in [0.3, 0.4) is 0 Å². The van der Waals surface area contributed by atoms with Crippen LogP contribution in [0.4, 0.5) is 5.82 Å². The van der Waals surface area contributed by atoms with E-state index in [4.69, 9.17) is 9.72 Å². The third-order valence-corrected chi connectivity index (χ3v) is 3.90. The molecule has 0 atom stereocenters. The second-order valence-corrected chi connectivity index (χ2v) is 5.38. The lowest BCUT2D eigenvalue weighted by molar-refractivity contribution is 0.341. The highest BCUT2D eigenvalue weighted by Crippen LogP contribution is 2.32. The molecule has 0 radical (unpaired) electrons. The van der Waals surface area contributed by atoms with Gasteiger partial charge in [-0.3, -0.25) is 0 Å². The van der Waals surface area contributed by atoms with Crippen molar-refractivity contribution in [1.82, 2.24) is 9.97 Å². The number of aromatic nitrogens is 2. The van der Waals surface area contributed by atoms with E-state index in [1.165, 1.54) is 0 Å². The van der Waals surface area contributed by atoms with E-state index in [2.05, 4.69) is 33.2 Å². The van der Waals surface area contributed by atoms with E-state index in [0.717, 1.165) is 40.1 Å². The summed E-state index contributed by atoms with van der Waals surface area (Å²) in [6.45, 7) is 4.73. The van der Waals surface area contributed by atoms with E-state index in [0.29, 0.717) is 12.4 Å². The topological polar surface area (TPSA) is 47.0 Å². The molecular formula is C16H20BrN3O. The number of nitrogens with one attached hydrogen (secondary N) is 1. The zero-order chi connectivity index (χ0) is 15.2. The van der Waals surface area contributed by atoms with Crippen molar-refractivity contribution in [2.24, 2.45) is 0 Å². The van der Waals surface area contributed by atoms with Gasteiger partial charge in [0.25, 0.3) is 0 Å².